The minimum absolute atomic E-state index is 0.119. The third-order valence-corrected chi connectivity index (χ3v) is 4.64. The number of hydrogen-bond donors (Lipinski definition) is 1. The van der Waals surface area contributed by atoms with Gasteiger partial charge in [-0.05, 0) is 43.6 Å². The van der Waals surface area contributed by atoms with Crippen LogP contribution in [-0.4, -0.2) is 34.8 Å². The van der Waals surface area contributed by atoms with Crippen molar-refractivity contribution in [2.45, 2.75) is 44.8 Å². The molecule has 0 aromatic heterocycles. The lowest BCUT2D eigenvalue weighted by molar-refractivity contribution is -0.138. The summed E-state index contributed by atoms with van der Waals surface area (Å²) in [5.74, 6) is 0. The molecule has 21 heavy (non-hydrogen) atoms. The second kappa shape index (κ2) is 5.34. The summed E-state index contributed by atoms with van der Waals surface area (Å²) in [6.45, 7) is 3.68. The highest BCUT2D eigenvalue weighted by molar-refractivity contribution is 5.67. The minimum atomic E-state index is -0.545. The molecule has 4 nitrogen and oxygen atoms in total. The third kappa shape index (κ3) is 3.21. The number of carbonyl (C=O) groups excluding carboxylic acids is 1. The zero-order valence-electron chi connectivity index (χ0n) is 12.5. The van der Waals surface area contributed by atoms with Crippen molar-refractivity contribution in [3.05, 3.63) is 35.9 Å². The van der Waals surface area contributed by atoms with E-state index in [1.54, 1.807) is 0 Å². The Balaban J connectivity index is 1.53. The van der Waals surface area contributed by atoms with Crippen LogP contribution in [0, 0.1) is 5.41 Å². The molecular formula is C17H23NO3. The van der Waals surface area contributed by atoms with Gasteiger partial charge in [-0.2, -0.15) is 0 Å². The molecule has 1 saturated carbocycles. The van der Waals surface area contributed by atoms with Crippen molar-refractivity contribution in [3.8, 4) is 0 Å². The quantitative estimate of drug-likeness (QED) is 0.910. The molecule has 1 aliphatic carbocycles. The van der Waals surface area contributed by atoms with Gasteiger partial charge < -0.3 is 14.7 Å². The second-order valence-corrected chi connectivity index (χ2v) is 6.92. The van der Waals surface area contributed by atoms with Crippen molar-refractivity contribution in [3.63, 3.8) is 0 Å². The maximum Gasteiger partial charge on any atom is 0.410 e. The highest BCUT2D eigenvalue weighted by Gasteiger charge is 2.53. The Bertz CT molecular complexity index is 504. The zero-order valence-corrected chi connectivity index (χ0v) is 12.5. The predicted octanol–water partition coefficient (Wildman–Crippen LogP) is 2.95. The van der Waals surface area contributed by atoms with Crippen LogP contribution >= 0.6 is 0 Å². The molecule has 0 radical (unpaired) electrons. The topological polar surface area (TPSA) is 49.8 Å². The van der Waals surface area contributed by atoms with Gasteiger partial charge in [-0.25, -0.2) is 4.79 Å². The van der Waals surface area contributed by atoms with Crippen LogP contribution in [0.2, 0.25) is 0 Å². The fourth-order valence-corrected chi connectivity index (χ4v) is 4.03. The number of aliphatic hydroxyl groups is 1. The molecule has 3 rings (SSSR count). The average Bonchev–Trinajstić information content (AvgIpc) is 2.44. The Labute approximate surface area is 125 Å². The summed E-state index contributed by atoms with van der Waals surface area (Å²) in [7, 11) is 0. The Morgan fingerprint density at radius 3 is 2.71 bits per heavy atom. The van der Waals surface area contributed by atoms with Crippen molar-refractivity contribution >= 4 is 6.09 Å². The minimum Gasteiger partial charge on any atom is -0.445 e. The molecule has 0 unspecified atom stereocenters. The first-order valence-corrected chi connectivity index (χ1v) is 7.66. The van der Waals surface area contributed by atoms with E-state index < -0.39 is 5.60 Å². The van der Waals surface area contributed by atoms with E-state index in [1.165, 1.54) is 0 Å². The van der Waals surface area contributed by atoms with Gasteiger partial charge in [0.25, 0.3) is 0 Å². The average molecular weight is 289 g/mol. The molecule has 1 spiro atoms. The number of nitrogens with zero attached hydrogens (tertiary/aromatic N) is 1. The van der Waals surface area contributed by atoms with Crippen molar-refractivity contribution in [2.24, 2.45) is 5.41 Å². The Morgan fingerprint density at radius 1 is 1.33 bits per heavy atom. The van der Waals surface area contributed by atoms with E-state index in [0.29, 0.717) is 6.61 Å². The number of carbonyl (C=O) groups is 1. The van der Waals surface area contributed by atoms with E-state index >= 15 is 0 Å². The zero-order chi connectivity index (χ0) is 14.9. The van der Waals surface area contributed by atoms with Gasteiger partial charge in [0.15, 0.2) is 0 Å². The molecule has 2 aliphatic rings. The summed E-state index contributed by atoms with van der Waals surface area (Å²) < 4.78 is 5.41. The molecule has 1 heterocycles. The van der Waals surface area contributed by atoms with E-state index in [0.717, 1.165) is 44.3 Å². The van der Waals surface area contributed by atoms with E-state index in [9.17, 15) is 9.90 Å². The van der Waals surface area contributed by atoms with Gasteiger partial charge in [0.05, 0.1) is 5.60 Å². The number of likely N-dealkylation sites (tertiary alicyclic amines) is 1. The predicted molar refractivity (Wildman–Crippen MR) is 79.7 cm³/mol. The van der Waals surface area contributed by atoms with E-state index in [1.807, 2.05) is 42.2 Å². The van der Waals surface area contributed by atoms with Crippen LogP contribution in [0.3, 0.4) is 0 Å². The van der Waals surface area contributed by atoms with Gasteiger partial charge in [0.1, 0.15) is 6.61 Å². The maximum atomic E-state index is 12.2. The molecule has 114 valence electrons. The maximum absolute atomic E-state index is 12.2. The van der Waals surface area contributed by atoms with Crippen molar-refractivity contribution in [1.82, 2.24) is 4.90 Å². The lowest BCUT2D eigenvalue weighted by atomic mass is 9.57. The Morgan fingerprint density at radius 2 is 2.05 bits per heavy atom. The van der Waals surface area contributed by atoms with Gasteiger partial charge in [-0.1, -0.05) is 30.3 Å². The number of piperidine rings is 1. The van der Waals surface area contributed by atoms with Gasteiger partial charge in [-0.3, -0.25) is 0 Å². The highest BCUT2D eigenvalue weighted by Crippen LogP contribution is 2.53. The molecule has 1 aromatic carbocycles. The summed E-state index contributed by atoms with van der Waals surface area (Å²) in [6.07, 6.45) is 3.46. The molecule has 0 bridgehead atoms. The smallest absolute Gasteiger partial charge is 0.410 e. The van der Waals surface area contributed by atoms with Gasteiger partial charge in [0.2, 0.25) is 0 Å². The standard InChI is InChI=1S/C17H23NO3/c1-16(20)11-17(12-16)8-5-9-18(13-17)15(19)21-10-14-6-3-2-4-7-14/h2-4,6-7,20H,5,8-13H2,1H3. The van der Waals surface area contributed by atoms with E-state index in [4.69, 9.17) is 4.74 Å². The monoisotopic (exact) mass is 289 g/mol. The molecule has 1 amide bonds. The first-order valence-electron chi connectivity index (χ1n) is 7.66. The Hall–Kier alpha value is -1.55. The van der Waals surface area contributed by atoms with Gasteiger partial charge >= 0.3 is 6.09 Å². The summed E-state index contributed by atoms with van der Waals surface area (Å²) in [5, 5.41) is 9.97. The second-order valence-electron chi connectivity index (χ2n) is 6.92. The van der Waals surface area contributed by atoms with Crippen LogP contribution in [-0.2, 0) is 11.3 Å². The molecule has 1 saturated heterocycles. The molecule has 2 fully saturated rings. The van der Waals surface area contributed by atoms with Crippen molar-refractivity contribution in [2.75, 3.05) is 13.1 Å². The molecule has 4 heteroatoms. The number of amides is 1. The van der Waals surface area contributed by atoms with Crippen LogP contribution in [0.1, 0.15) is 38.2 Å². The molecule has 1 aliphatic heterocycles. The fraction of sp³-hybridized carbons (Fsp3) is 0.588. The van der Waals surface area contributed by atoms with Crippen LogP contribution in [0.15, 0.2) is 30.3 Å². The first kappa shape index (κ1) is 14.4. The lowest BCUT2D eigenvalue weighted by Gasteiger charge is -2.55. The fourth-order valence-electron chi connectivity index (χ4n) is 4.03. The molecule has 1 aromatic rings. The SMILES string of the molecule is CC1(O)CC2(CCCN(C(=O)OCc3ccccc3)C2)C1. The normalized spacial score (nSPS) is 31.8. The summed E-state index contributed by atoms with van der Waals surface area (Å²) in [4.78, 5) is 14.0. The van der Waals surface area contributed by atoms with E-state index in [-0.39, 0.29) is 11.5 Å². The van der Waals surface area contributed by atoms with E-state index in [2.05, 4.69) is 0 Å². The lowest BCUT2D eigenvalue weighted by Crippen LogP contribution is -2.58. The summed E-state index contributed by atoms with van der Waals surface area (Å²) in [6, 6.07) is 9.73. The number of hydrogen-bond acceptors (Lipinski definition) is 3. The van der Waals surface area contributed by atoms with Gasteiger partial charge in [-0.15, -0.1) is 0 Å². The Kier molecular flexibility index (Phi) is 3.66. The molecule has 0 atom stereocenters. The van der Waals surface area contributed by atoms with Crippen LogP contribution in [0.4, 0.5) is 4.79 Å². The highest BCUT2D eigenvalue weighted by atomic mass is 16.6. The van der Waals surface area contributed by atoms with Crippen LogP contribution < -0.4 is 0 Å². The largest absolute Gasteiger partial charge is 0.445 e. The summed E-state index contributed by atoms with van der Waals surface area (Å²) in [5.41, 5.74) is 0.578. The molecule has 1 N–H and O–H groups in total. The number of benzene rings is 1. The molecular weight excluding hydrogens is 266 g/mol. The number of ether oxygens (including phenoxy) is 1. The van der Waals surface area contributed by atoms with Crippen molar-refractivity contribution in [1.29, 1.82) is 0 Å². The van der Waals surface area contributed by atoms with Crippen LogP contribution in [0.25, 0.3) is 0 Å². The summed E-state index contributed by atoms with van der Waals surface area (Å²) >= 11 is 0. The number of rotatable bonds is 2. The van der Waals surface area contributed by atoms with Crippen LogP contribution in [0.5, 0.6) is 0 Å². The first-order chi connectivity index (χ1) is 9.98. The van der Waals surface area contributed by atoms with Crippen molar-refractivity contribution < 1.29 is 14.6 Å². The van der Waals surface area contributed by atoms with Gasteiger partial charge in [0, 0.05) is 13.1 Å². The third-order valence-electron chi connectivity index (χ3n) is 4.64.